The molecule has 0 aromatic carbocycles. The summed E-state index contributed by atoms with van der Waals surface area (Å²) in [6.45, 7) is 1.42. The van der Waals surface area contributed by atoms with Crippen molar-refractivity contribution in [2.24, 2.45) is 5.92 Å². The van der Waals surface area contributed by atoms with Crippen molar-refractivity contribution in [1.82, 2.24) is 10.2 Å². The van der Waals surface area contributed by atoms with Gasteiger partial charge >= 0.3 is 5.97 Å². The molecule has 112 valence electrons. The van der Waals surface area contributed by atoms with E-state index in [2.05, 4.69) is 5.32 Å². The van der Waals surface area contributed by atoms with E-state index in [0.29, 0.717) is 11.6 Å². The van der Waals surface area contributed by atoms with E-state index < -0.39 is 18.1 Å². The van der Waals surface area contributed by atoms with Gasteiger partial charge in [-0.15, -0.1) is 11.8 Å². The minimum Gasteiger partial charge on any atom is -0.480 e. The van der Waals surface area contributed by atoms with Gasteiger partial charge in [-0.05, 0) is 19.8 Å². The molecule has 1 aliphatic carbocycles. The topological polar surface area (TPSA) is 86.7 Å². The maximum atomic E-state index is 12.4. The van der Waals surface area contributed by atoms with Crippen LogP contribution in [0.25, 0.3) is 0 Å². The number of amides is 2. The van der Waals surface area contributed by atoms with Crippen LogP contribution >= 0.6 is 11.8 Å². The third kappa shape index (κ3) is 3.26. The lowest BCUT2D eigenvalue weighted by molar-refractivity contribution is -0.144. The predicted molar refractivity (Wildman–Crippen MR) is 75.2 cm³/mol. The fraction of sp³-hybridized carbons (Fsp3) is 0.769. The molecular formula is C13H20N2O4S. The van der Waals surface area contributed by atoms with Gasteiger partial charge in [0.1, 0.15) is 12.1 Å². The molecule has 2 aliphatic rings. The molecule has 0 spiro atoms. The first-order chi connectivity index (χ1) is 9.50. The van der Waals surface area contributed by atoms with Crippen LogP contribution in [0, 0.1) is 5.92 Å². The second kappa shape index (κ2) is 6.47. The second-order valence-corrected chi connectivity index (χ2v) is 6.37. The molecule has 2 N–H and O–H groups in total. The number of hydrogen-bond acceptors (Lipinski definition) is 4. The highest BCUT2D eigenvalue weighted by molar-refractivity contribution is 7.99. The SMILES string of the molecule is CC(NC(=O)C1CSCN1C(=O)C1CCCC1)C(=O)O. The third-order valence-electron chi connectivity index (χ3n) is 3.90. The molecule has 0 aromatic heterocycles. The smallest absolute Gasteiger partial charge is 0.325 e. The van der Waals surface area contributed by atoms with Crippen LogP contribution in [-0.4, -0.2) is 51.5 Å². The minimum absolute atomic E-state index is 0.0425. The molecular weight excluding hydrogens is 280 g/mol. The van der Waals surface area contributed by atoms with E-state index in [1.807, 2.05) is 0 Å². The molecule has 7 heteroatoms. The van der Waals surface area contributed by atoms with Crippen molar-refractivity contribution in [2.75, 3.05) is 11.6 Å². The van der Waals surface area contributed by atoms with E-state index in [0.717, 1.165) is 25.7 Å². The van der Waals surface area contributed by atoms with E-state index in [4.69, 9.17) is 5.11 Å². The van der Waals surface area contributed by atoms with E-state index in [1.165, 1.54) is 18.7 Å². The zero-order valence-electron chi connectivity index (χ0n) is 11.5. The predicted octanol–water partition coefficient (Wildman–Crippen LogP) is 0.667. The first-order valence-corrected chi connectivity index (χ1v) is 8.07. The van der Waals surface area contributed by atoms with Gasteiger partial charge in [-0.1, -0.05) is 12.8 Å². The molecule has 20 heavy (non-hydrogen) atoms. The molecule has 1 aliphatic heterocycles. The Hall–Kier alpha value is -1.24. The van der Waals surface area contributed by atoms with Crippen LogP contribution in [0.2, 0.25) is 0 Å². The summed E-state index contributed by atoms with van der Waals surface area (Å²) >= 11 is 1.54. The summed E-state index contributed by atoms with van der Waals surface area (Å²) in [5, 5.41) is 11.3. The van der Waals surface area contributed by atoms with E-state index >= 15 is 0 Å². The lowest BCUT2D eigenvalue weighted by Gasteiger charge is -2.26. The summed E-state index contributed by atoms with van der Waals surface area (Å²) < 4.78 is 0. The summed E-state index contributed by atoms with van der Waals surface area (Å²) in [4.78, 5) is 36.9. The summed E-state index contributed by atoms with van der Waals surface area (Å²) in [7, 11) is 0. The molecule has 0 bridgehead atoms. The number of nitrogens with zero attached hydrogens (tertiary/aromatic N) is 1. The number of nitrogens with one attached hydrogen (secondary N) is 1. The Morgan fingerprint density at radius 1 is 1.30 bits per heavy atom. The van der Waals surface area contributed by atoms with E-state index in [-0.39, 0.29) is 17.7 Å². The number of carboxylic acid groups (broad SMARTS) is 1. The molecule has 6 nitrogen and oxygen atoms in total. The van der Waals surface area contributed by atoms with Crippen LogP contribution in [0.15, 0.2) is 0 Å². The van der Waals surface area contributed by atoms with Gasteiger partial charge in [0.15, 0.2) is 0 Å². The van der Waals surface area contributed by atoms with Crippen molar-refractivity contribution in [2.45, 2.75) is 44.7 Å². The molecule has 2 fully saturated rings. The molecule has 1 heterocycles. The highest BCUT2D eigenvalue weighted by atomic mass is 32.2. The quantitative estimate of drug-likeness (QED) is 0.797. The van der Waals surface area contributed by atoms with Crippen LogP contribution in [0.1, 0.15) is 32.6 Å². The first kappa shape index (κ1) is 15.2. The Morgan fingerprint density at radius 3 is 2.55 bits per heavy atom. The molecule has 2 rings (SSSR count). The van der Waals surface area contributed by atoms with Gasteiger partial charge in [-0.25, -0.2) is 0 Å². The average Bonchev–Trinajstić information content (AvgIpc) is 3.08. The van der Waals surface area contributed by atoms with Gasteiger partial charge in [-0.3, -0.25) is 14.4 Å². The van der Waals surface area contributed by atoms with E-state index in [1.54, 1.807) is 4.90 Å². The third-order valence-corrected chi connectivity index (χ3v) is 4.91. The van der Waals surface area contributed by atoms with Crippen molar-refractivity contribution < 1.29 is 19.5 Å². The highest BCUT2D eigenvalue weighted by Gasteiger charge is 2.38. The highest BCUT2D eigenvalue weighted by Crippen LogP contribution is 2.30. The zero-order valence-corrected chi connectivity index (χ0v) is 12.3. The molecule has 2 amide bonds. The second-order valence-electron chi connectivity index (χ2n) is 5.37. The normalized spacial score (nSPS) is 24.6. The fourth-order valence-corrected chi connectivity index (χ4v) is 3.82. The van der Waals surface area contributed by atoms with Crippen LogP contribution < -0.4 is 5.32 Å². The first-order valence-electron chi connectivity index (χ1n) is 6.92. The number of rotatable bonds is 4. The summed E-state index contributed by atoms with van der Waals surface area (Å²) in [5.74, 6) is -0.281. The van der Waals surface area contributed by atoms with Crippen molar-refractivity contribution in [3.63, 3.8) is 0 Å². The van der Waals surface area contributed by atoms with Gasteiger partial charge in [0.05, 0.1) is 5.88 Å². The molecule has 0 aromatic rings. The molecule has 0 radical (unpaired) electrons. The van der Waals surface area contributed by atoms with Gasteiger partial charge in [0.2, 0.25) is 11.8 Å². The summed E-state index contributed by atoms with van der Waals surface area (Å²) in [6.07, 6.45) is 3.95. The standard InChI is InChI=1S/C13H20N2O4S/c1-8(13(18)19)14-11(16)10-6-20-7-15(10)12(17)9-4-2-3-5-9/h8-10H,2-7H2,1H3,(H,14,16)(H,18,19). The summed E-state index contributed by atoms with van der Waals surface area (Å²) in [6, 6.07) is -1.47. The van der Waals surface area contributed by atoms with Crippen molar-refractivity contribution >= 4 is 29.5 Å². The van der Waals surface area contributed by atoms with Crippen LogP contribution in [0.5, 0.6) is 0 Å². The van der Waals surface area contributed by atoms with Crippen LogP contribution in [0.4, 0.5) is 0 Å². The maximum absolute atomic E-state index is 12.4. The summed E-state index contributed by atoms with van der Waals surface area (Å²) in [5.41, 5.74) is 0. The Bertz CT molecular complexity index is 409. The van der Waals surface area contributed by atoms with Crippen molar-refractivity contribution in [3.8, 4) is 0 Å². The maximum Gasteiger partial charge on any atom is 0.325 e. The molecule has 2 atom stereocenters. The monoisotopic (exact) mass is 300 g/mol. The van der Waals surface area contributed by atoms with Crippen LogP contribution in [0.3, 0.4) is 0 Å². The van der Waals surface area contributed by atoms with Crippen molar-refractivity contribution in [3.05, 3.63) is 0 Å². The number of carbonyl (C=O) groups is 3. The largest absolute Gasteiger partial charge is 0.480 e. The number of hydrogen-bond donors (Lipinski definition) is 2. The van der Waals surface area contributed by atoms with Crippen molar-refractivity contribution in [1.29, 1.82) is 0 Å². The Kier molecular flexibility index (Phi) is 4.91. The molecule has 2 unspecified atom stereocenters. The minimum atomic E-state index is -1.07. The fourth-order valence-electron chi connectivity index (χ4n) is 2.66. The van der Waals surface area contributed by atoms with Gasteiger partial charge in [0, 0.05) is 11.7 Å². The Labute approximate surface area is 122 Å². The number of thioether (sulfide) groups is 1. The average molecular weight is 300 g/mol. The van der Waals surface area contributed by atoms with E-state index in [9.17, 15) is 14.4 Å². The van der Waals surface area contributed by atoms with Gasteiger partial charge in [0.25, 0.3) is 0 Å². The lowest BCUT2D eigenvalue weighted by Crippen LogP contribution is -2.51. The Balaban J connectivity index is 1.97. The number of carboxylic acids is 1. The molecule has 1 saturated heterocycles. The number of aliphatic carboxylic acids is 1. The zero-order chi connectivity index (χ0) is 14.7. The Morgan fingerprint density at radius 2 is 1.95 bits per heavy atom. The molecule has 1 saturated carbocycles. The lowest BCUT2D eigenvalue weighted by atomic mass is 10.1. The van der Waals surface area contributed by atoms with Gasteiger partial charge < -0.3 is 15.3 Å². The van der Waals surface area contributed by atoms with Crippen LogP contribution in [-0.2, 0) is 14.4 Å². The van der Waals surface area contributed by atoms with Gasteiger partial charge in [-0.2, -0.15) is 0 Å². The number of carbonyl (C=O) groups excluding carboxylic acids is 2.